The first-order valence-electron chi connectivity index (χ1n) is 13.8. The Balaban J connectivity index is 1.55. The first-order chi connectivity index (χ1) is 17.6. The Bertz CT molecular complexity index is 862. The van der Waals surface area contributed by atoms with E-state index in [2.05, 4.69) is 10.6 Å². The normalized spacial score (nSPS) is 34.0. The van der Waals surface area contributed by atoms with Crippen LogP contribution in [0.3, 0.4) is 0 Å². The molecule has 4 saturated heterocycles. The number of nitrogens with one attached hydrogen (secondary N) is 2. The van der Waals surface area contributed by atoms with Crippen LogP contribution in [0.4, 0.5) is 0 Å². The fourth-order valence-electron chi connectivity index (χ4n) is 6.17. The quantitative estimate of drug-likeness (QED) is 0.447. The Morgan fingerprint density at radius 2 is 1.84 bits per heavy atom. The Labute approximate surface area is 219 Å². The molecule has 11 nitrogen and oxygen atoms in total. The zero-order chi connectivity index (χ0) is 26.7. The van der Waals surface area contributed by atoms with Crippen molar-refractivity contribution in [3.8, 4) is 0 Å². The van der Waals surface area contributed by atoms with Crippen LogP contribution in [0, 0.1) is 11.8 Å². The molecule has 0 aromatic heterocycles. The molecule has 208 valence electrons. The molecule has 4 rings (SSSR count). The molecule has 3 N–H and O–H groups in total. The third kappa shape index (κ3) is 6.80. The predicted octanol–water partition coefficient (Wildman–Crippen LogP) is -0.673. The van der Waals surface area contributed by atoms with Gasteiger partial charge in [-0.1, -0.05) is 13.8 Å². The zero-order valence-corrected chi connectivity index (χ0v) is 22.4. The highest BCUT2D eigenvalue weighted by Crippen LogP contribution is 2.32. The van der Waals surface area contributed by atoms with Gasteiger partial charge in [0.1, 0.15) is 6.04 Å². The number of carbonyl (C=O) groups is 4. The summed E-state index contributed by atoms with van der Waals surface area (Å²) in [7, 11) is 0. The van der Waals surface area contributed by atoms with Gasteiger partial charge in [-0.2, -0.15) is 0 Å². The minimum absolute atomic E-state index is 0.00374. The molecule has 6 atom stereocenters. The van der Waals surface area contributed by atoms with Gasteiger partial charge >= 0.3 is 0 Å². The monoisotopic (exact) mass is 521 g/mol. The largest absolute Gasteiger partial charge is 0.390 e. The summed E-state index contributed by atoms with van der Waals surface area (Å²) in [6.07, 6.45) is 0.524. The van der Waals surface area contributed by atoms with Crippen molar-refractivity contribution in [2.24, 2.45) is 11.8 Å². The Morgan fingerprint density at radius 3 is 2.54 bits per heavy atom. The molecule has 4 aliphatic rings. The number of aliphatic hydroxyl groups excluding tert-OH is 1. The van der Waals surface area contributed by atoms with Crippen LogP contribution in [0.1, 0.15) is 52.9 Å². The minimum Gasteiger partial charge on any atom is -0.390 e. The van der Waals surface area contributed by atoms with E-state index >= 15 is 0 Å². The standard InChI is InChI=1S/C26H43N5O6/c1-16(2)27-20-12-21-26(36)28-17(3)22(32)13-24(34)30-5-4-18(10-23(33)29-6-8-37-9-7-29)19(14-30)11-25(35)31(21)15-20/h16-22,27,32H,4-15H2,1-3H3,(H,28,36)/t17-,18-,19-,20-,21-,22-/m0/s1. The van der Waals surface area contributed by atoms with E-state index in [0.717, 1.165) is 0 Å². The van der Waals surface area contributed by atoms with Gasteiger partial charge in [0.25, 0.3) is 0 Å². The van der Waals surface area contributed by atoms with Gasteiger partial charge in [0.05, 0.1) is 31.8 Å². The number of ether oxygens (including phenoxy) is 1. The van der Waals surface area contributed by atoms with Crippen molar-refractivity contribution in [2.75, 3.05) is 45.9 Å². The van der Waals surface area contributed by atoms with Crippen molar-refractivity contribution in [3.05, 3.63) is 0 Å². The second-order valence-electron chi connectivity index (χ2n) is 11.4. The fraction of sp³-hybridized carbons (Fsp3) is 0.846. The van der Waals surface area contributed by atoms with Gasteiger partial charge in [0, 0.05) is 57.6 Å². The SMILES string of the molecule is CC(C)N[C@H]1C[C@H]2C(=O)N[C@@H](C)[C@@H](O)CC(=O)N3CC[C@@H](CC(=O)N4CCOCC4)[C@@H](CC(=O)N2C1)C3. The summed E-state index contributed by atoms with van der Waals surface area (Å²) >= 11 is 0. The lowest BCUT2D eigenvalue weighted by Crippen LogP contribution is -2.51. The van der Waals surface area contributed by atoms with Crippen molar-refractivity contribution >= 4 is 23.6 Å². The molecule has 0 spiro atoms. The summed E-state index contributed by atoms with van der Waals surface area (Å²) in [5, 5.41) is 17.0. The molecule has 0 radical (unpaired) electrons. The average Bonchev–Trinajstić information content (AvgIpc) is 3.28. The molecule has 0 aliphatic carbocycles. The number of rotatable bonds is 4. The molecular weight excluding hydrogens is 478 g/mol. The van der Waals surface area contributed by atoms with Gasteiger partial charge in [-0.25, -0.2) is 0 Å². The van der Waals surface area contributed by atoms with Crippen molar-refractivity contribution in [2.45, 2.75) is 83.1 Å². The third-order valence-corrected chi connectivity index (χ3v) is 8.31. The molecule has 0 aromatic rings. The predicted molar refractivity (Wildman–Crippen MR) is 135 cm³/mol. The molecule has 0 unspecified atom stereocenters. The maximum absolute atomic E-state index is 13.7. The Morgan fingerprint density at radius 1 is 1.11 bits per heavy atom. The summed E-state index contributed by atoms with van der Waals surface area (Å²) < 4.78 is 5.37. The van der Waals surface area contributed by atoms with Crippen LogP contribution in [-0.4, -0.2) is 120 Å². The Hall–Kier alpha value is -2.24. The lowest BCUT2D eigenvalue weighted by molar-refractivity contribution is -0.143. The maximum atomic E-state index is 13.7. The van der Waals surface area contributed by atoms with E-state index in [9.17, 15) is 24.3 Å². The van der Waals surface area contributed by atoms with Crippen molar-refractivity contribution in [3.63, 3.8) is 0 Å². The molecule has 4 fully saturated rings. The van der Waals surface area contributed by atoms with E-state index in [1.54, 1.807) is 16.7 Å². The van der Waals surface area contributed by atoms with Crippen LogP contribution >= 0.6 is 0 Å². The summed E-state index contributed by atoms with van der Waals surface area (Å²) in [6.45, 7) is 9.27. The molecule has 4 heterocycles. The molecule has 4 amide bonds. The fourth-order valence-corrected chi connectivity index (χ4v) is 6.17. The van der Waals surface area contributed by atoms with Crippen LogP contribution in [0.2, 0.25) is 0 Å². The molecule has 11 heteroatoms. The molecular formula is C26H43N5O6. The number of aliphatic hydroxyl groups is 1. The number of morpholine rings is 1. The number of hydrogen-bond donors (Lipinski definition) is 3. The second kappa shape index (κ2) is 12.1. The van der Waals surface area contributed by atoms with E-state index in [-0.39, 0.29) is 60.4 Å². The van der Waals surface area contributed by atoms with Gasteiger partial charge in [-0.05, 0) is 31.6 Å². The highest BCUT2D eigenvalue weighted by atomic mass is 16.5. The minimum atomic E-state index is -1.02. The average molecular weight is 522 g/mol. The number of fused-ring (bicyclic) bond motifs is 3. The van der Waals surface area contributed by atoms with Crippen LogP contribution in [0.15, 0.2) is 0 Å². The number of amides is 4. The number of piperidine rings is 1. The zero-order valence-electron chi connectivity index (χ0n) is 22.4. The van der Waals surface area contributed by atoms with Crippen LogP contribution in [0.25, 0.3) is 0 Å². The van der Waals surface area contributed by atoms with Gasteiger partial charge in [-0.15, -0.1) is 0 Å². The second-order valence-corrected chi connectivity index (χ2v) is 11.4. The highest BCUT2D eigenvalue weighted by Gasteiger charge is 2.43. The first-order valence-corrected chi connectivity index (χ1v) is 13.8. The number of hydrogen-bond acceptors (Lipinski definition) is 7. The highest BCUT2D eigenvalue weighted by molar-refractivity contribution is 5.89. The van der Waals surface area contributed by atoms with Gasteiger partial charge in [-0.3, -0.25) is 19.2 Å². The van der Waals surface area contributed by atoms with Crippen molar-refractivity contribution in [1.82, 2.24) is 25.3 Å². The number of carbonyl (C=O) groups excluding carboxylic acids is 4. The molecule has 2 bridgehead atoms. The van der Waals surface area contributed by atoms with E-state index in [0.29, 0.717) is 65.2 Å². The van der Waals surface area contributed by atoms with Crippen LogP contribution in [-0.2, 0) is 23.9 Å². The van der Waals surface area contributed by atoms with E-state index < -0.39 is 18.2 Å². The van der Waals surface area contributed by atoms with Crippen molar-refractivity contribution < 1.29 is 29.0 Å². The lowest BCUT2D eigenvalue weighted by Gasteiger charge is -2.40. The van der Waals surface area contributed by atoms with Gasteiger partial charge in [0.2, 0.25) is 23.6 Å². The smallest absolute Gasteiger partial charge is 0.243 e. The summed E-state index contributed by atoms with van der Waals surface area (Å²) in [4.78, 5) is 58.2. The molecule has 0 saturated carbocycles. The maximum Gasteiger partial charge on any atom is 0.243 e. The van der Waals surface area contributed by atoms with Crippen molar-refractivity contribution in [1.29, 1.82) is 0 Å². The first kappa shape index (κ1) is 27.8. The van der Waals surface area contributed by atoms with E-state index in [4.69, 9.17) is 4.74 Å². The van der Waals surface area contributed by atoms with E-state index in [1.807, 2.05) is 18.7 Å². The molecule has 37 heavy (non-hydrogen) atoms. The van der Waals surface area contributed by atoms with Crippen LogP contribution in [0.5, 0.6) is 0 Å². The van der Waals surface area contributed by atoms with Gasteiger partial charge in [0.15, 0.2) is 0 Å². The molecule has 0 aromatic carbocycles. The van der Waals surface area contributed by atoms with Gasteiger partial charge < -0.3 is 35.2 Å². The van der Waals surface area contributed by atoms with Crippen LogP contribution < -0.4 is 10.6 Å². The molecule has 4 aliphatic heterocycles. The summed E-state index contributed by atoms with van der Waals surface area (Å²) in [5.41, 5.74) is 0. The third-order valence-electron chi connectivity index (χ3n) is 8.31. The Kier molecular flexibility index (Phi) is 9.07. The summed E-state index contributed by atoms with van der Waals surface area (Å²) in [5.74, 6) is -0.772. The van der Waals surface area contributed by atoms with E-state index in [1.165, 1.54) is 0 Å². The lowest BCUT2D eigenvalue weighted by atomic mass is 9.80. The topological polar surface area (TPSA) is 132 Å². The number of nitrogens with zero attached hydrogens (tertiary/aromatic N) is 3. The summed E-state index contributed by atoms with van der Waals surface area (Å²) in [6, 6.07) is -1.05.